The molecule has 1 aliphatic heterocycles. The highest BCUT2D eigenvalue weighted by atomic mass is 16.5. The summed E-state index contributed by atoms with van der Waals surface area (Å²) in [5, 5.41) is 3.05. The number of amides is 2. The molecule has 0 aliphatic carbocycles. The lowest BCUT2D eigenvalue weighted by molar-refractivity contribution is -0.126. The monoisotopic (exact) mass is 425 g/mol. The molecule has 2 unspecified atom stereocenters. The van der Waals surface area contributed by atoms with E-state index in [2.05, 4.69) is 22.3 Å². The Labute approximate surface area is 183 Å². The molecule has 0 aromatic heterocycles. The summed E-state index contributed by atoms with van der Waals surface area (Å²) in [7, 11) is 7.15. The second-order valence-corrected chi connectivity index (χ2v) is 8.00. The number of carbonyl (C=O) groups is 2. The predicted octanol–water partition coefficient (Wildman–Crippen LogP) is 2.35. The molecular formula is C24H31N3O4. The number of ether oxygens (including phenoxy) is 2. The van der Waals surface area contributed by atoms with E-state index in [0.29, 0.717) is 30.3 Å². The van der Waals surface area contributed by atoms with Crippen molar-refractivity contribution in [3.63, 3.8) is 0 Å². The number of methoxy groups -OCH3 is 2. The van der Waals surface area contributed by atoms with E-state index in [0.717, 1.165) is 6.42 Å². The Bertz CT molecular complexity index is 901. The van der Waals surface area contributed by atoms with Crippen LogP contribution < -0.4 is 19.7 Å². The first kappa shape index (κ1) is 22.6. The van der Waals surface area contributed by atoms with Crippen LogP contribution in [0.4, 0.5) is 5.69 Å². The van der Waals surface area contributed by atoms with Crippen molar-refractivity contribution in [2.75, 3.05) is 46.3 Å². The molecule has 2 atom stereocenters. The number of likely N-dealkylation sites (N-methyl/N-ethyl adjacent to an activating group) is 1. The average Bonchev–Trinajstić information content (AvgIpc) is 3.17. The minimum atomic E-state index is -0.400. The summed E-state index contributed by atoms with van der Waals surface area (Å²) in [6.45, 7) is 0.841. The standard InChI is InChI=1S/C24H31N3O4/c1-26(2)19(12-17-8-6-5-7-9-17)15-25-24(29)18-13-23(28)27(16-18)21-14-20(30-3)10-11-22(21)31-4/h5-11,14,18-19H,12-13,15-16H2,1-4H3,(H,25,29). The molecule has 31 heavy (non-hydrogen) atoms. The van der Waals surface area contributed by atoms with Crippen LogP contribution in [0.15, 0.2) is 48.5 Å². The van der Waals surface area contributed by atoms with Crippen molar-refractivity contribution in [1.29, 1.82) is 0 Å². The van der Waals surface area contributed by atoms with Crippen molar-refractivity contribution in [3.8, 4) is 11.5 Å². The highest BCUT2D eigenvalue weighted by Gasteiger charge is 2.36. The molecule has 0 spiro atoms. The number of hydrogen-bond donors (Lipinski definition) is 1. The summed E-state index contributed by atoms with van der Waals surface area (Å²) in [6.07, 6.45) is 1.02. The SMILES string of the molecule is COc1ccc(OC)c(N2CC(C(=O)NCC(Cc3ccccc3)N(C)C)CC2=O)c1. The van der Waals surface area contributed by atoms with Gasteiger partial charge in [-0.2, -0.15) is 0 Å². The van der Waals surface area contributed by atoms with Gasteiger partial charge in [-0.1, -0.05) is 30.3 Å². The molecule has 2 aromatic rings. The number of carbonyl (C=O) groups excluding carboxylic acids is 2. The van der Waals surface area contributed by atoms with E-state index in [-0.39, 0.29) is 24.3 Å². The smallest absolute Gasteiger partial charge is 0.227 e. The fourth-order valence-corrected chi connectivity index (χ4v) is 3.81. The first-order valence-corrected chi connectivity index (χ1v) is 10.4. The van der Waals surface area contributed by atoms with E-state index in [4.69, 9.17) is 9.47 Å². The van der Waals surface area contributed by atoms with Gasteiger partial charge in [0.25, 0.3) is 0 Å². The topological polar surface area (TPSA) is 71.1 Å². The Kier molecular flexibility index (Phi) is 7.52. The number of hydrogen-bond acceptors (Lipinski definition) is 5. The Morgan fingerprint density at radius 3 is 2.55 bits per heavy atom. The van der Waals surface area contributed by atoms with E-state index >= 15 is 0 Å². The van der Waals surface area contributed by atoms with Crippen LogP contribution in [0.25, 0.3) is 0 Å². The third-order valence-electron chi connectivity index (χ3n) is 5.73. The molecule has 7 nitrogen and oxygen atoms in total. The van der Waals surface area contributed by atoms with Crippen LogP contribution in [-0.2, 0) is 16.0 Å². The van der Waals surface area contributed by atoms with Gasteiger partial charge >= 0.3 is 0 Å². The fourth-order valence-electron chi connectivity index (χ4n) is 3.81. The molecule has 1 aliphatic rings. The zero-order chi connectivity index (χ0) is 22.4. The van der Waals surface area contributed by atoms with E-state index in [1.54, 1.807) is 37.3 Å². The summed E-state index contributed by atoms with van der Waals surface area (Å²) >= 11 is 0. The van der Waals surface area contributed by atoms with Gasteiger partial charge in [-0.15, -0.1) is 0 Å². The molecule has 0 bridgehead atoms. The summed E-state index contributed by atoms with van der Waals surface area (Å²) in [5.41, 5.74) is 1.85. The number of anilines is 1. The van der Waals surface area contributed by atoms with Crippen molar-refractivity contribution in [2.45, 2.75) is 18.9 Å². The van der Waals surface area contributed by atoms with Gasteiger partial charge in [-0.05, 0) is 38.2 Å². The van der Waals surface area contributed by atoms with Gasteiger partial charge < -0.3 is 24.6 Å². The van der Waals surface area contributed by atoms with E-state index in [1.165, 1.54) is 5.56 Å². The third-order valence-corrected chi connectivity index (χ3v) is 5.73. The number of rotatable bonds is 9. The summed E-state index contributed by atoms with van der Waals surface area (Å²) in [6, 6.07) is 15.7. The lowest BCUT2D eigenvalue weighted by Gasteiger charge is -2.25. The lowest BCUT2D eigenvalue weighted by atomic mass is 10.0. The maximum Gasteiger partial charge on any atom is 0.227 e. The van der Waals surface area contributed by atoms with E-state index in [1.807, 2.05) is 32.3 Å². The van der Waals surface area contributed by atoms with Gasteiger partial charge in [-0.25, -0.2) is 0 Å². The minimum Gasteiger partial charge on any atom is -0.497 e. The van der Waals surface area contributed by atoms with Crippen molar-refractivity contribution < 1.29 is 19.1 Å². The summed E-state index contributed by atoms with van der Waals surface area (Å²) in [5.74, 6) is 0.609. The quantitative estimate of drug-likeness (QED) is 0.668. The molecule has 0 saturated carbocycles. The van der Waals surface area contributed by atoms with Crippen molar-refractivity contribution in [2.24, 2.45) is 5.92 Å². The van der Waals surface area contributed by atoms with Gasteiger partial charge in [0, 0.05) is 31.6 Å². The van der Waals surface area contributed by atoms with Crippen LogP contribution in [0.2, 0.25) is 0 Å². The van der Waals surface area contributed by atoms with Gasteiger partial charge in [0.1, 0.15) is 11.5 Å². The number of nitrogens with one attached hydrogen (secondary N) is 1. The van der Waals surface area contributed by atoms with Gasteiger partial charge in [0.2, 0.25) is 11.8 Å². The Morgan fingerprint density at radius 2 is 1.90 bits per heavy atom. The first-order chi connectivity index (χ1) is 14.9. The van der Waals surface area contributed by atoms with Gasteiger partial charge in [-0.3, -0.25) is 9.59 Å². The van der Waals surface area contributed by atoms with Gasteiger partial charge in [0.05, 0.1) is 25.8 Å². The normalized spacial score (nSPS) is 17.0. The van der Waals surface area contributed by atoms with Crippen LogP contribution in [0.5, 0.6) is 11.5 Å². The lowest BCUT2D eigenvalue weighted by Crippen LogP contribution is -2.43. The van der Waals surface area contributed by atoms with Crippen molar-refractivity contribution >= 4 is 17.5 Å². The molecular weight excluding hydrogens is 394 g/mol. The predicted molar refractivity (Wildman–Crippen MR) is 121 cm³/mol. The minimum absolute atomic E-state index is 0.0971. The molecule has 1 fully saturated rings. The molecule has 1 saturated heterocycles. The Hall–Kier alpha value is -3.06. The second kappa shape index (κ2) is 10.3. The van der Waals surface area contributed by atoms with Crippen LogP contribution >= 0.6 is 0 Å². The molecule has 1 heterocycles. The zero-order valence-electron chi connectivity index (χ0n) is 18.6. The van der Waals surface area contributed by atoms with Crippen molar-refractivity contribution in [1.82, 2.24) is 10.2 Å². The number of nitrogens with zero attached hydrogens (tertiary/aromatic N) is 2. The average molecular weight is 426 g/mol. The molecule has 0 radical (unpaired) electrons. The van der Waals surface area contributed by atoms with Gasteiger partial charge in [0.15, 0.2) is 0 Å². The highest BCUT2D eigenvalue weighted by molar-refractivity contribution is 6.01. The van der Waals surface area contributed by atoms with E-state index in [9.17, 15) is 9.59 Å². The Balaban J connectivity index is 1.63. The fraction of sp³-hybridized carbons (Fsp3) is 0.417. The summed E-state index contributed by atoms with van der Waals surface area (Å²) < 4.78 is 10.7. The van der Waals surface area contributed by atoms with Crippen LogP contribution in [0.1, 0.15) is 12.0 Å². The van der Waals surface area contributed by atoms with E-state index < -0.39 is 5.92 Å². The van der Waals surface area contributed by atoms with Crippen LogP contribution in [-0.4, -0.2) is 64.2 Å². The molecule has 2 aromatic carbocycles. The van der Waals surface area contributed by atoms with Crippen molar-refractivity contribution in [3.05, 3.63) is 54.1 Å². The Morgan fingerprint density at radius 1 is 1.16 bits per heavy atom. The zero-order valence-corrected chi connectivity index (χ0v) is 18.6. The van der Waals surface area contributed by atoms with Crippen LogP contribution in [0.3, 0.4) is 0 Å². The molecule has 1 N–H and O–H groups in total. The largest absolute Gasteiger partial charge is 0.497 e. The maximum atomic E-state index is 12.9. The highest BCUT2D eigenvalue weighted by Crippen LogP contribution is 2.36. The van der Waals surface area contributed by atoms with Crippen LogP contribution in [0, 0.1) is 5.92 Å². The molecule has 3 rings (SSSR count). The first-order valence-electron chi connectivity index (χ1n) is 10.4. The third kappa shape index (κ3) is 5.55. The maximum absolute atomic E-state index is 12.9. The second-order valence-electron chi connectivity index (χ2n) is 8.00. The molecule has 7 heteroatoms. The summed E-state index contributed by atoms with van der Waals surface area (Å²) in [4.78, 5) is 29.3. The molecule has 2 amide bonds. The number of benzene rings is 2. The molecule has 166 valence electrons.